The first kappa shape index (κ1) is 12.8. The summed E-state index contributed by atoms with van der Waals surface area (Å²) in [5.74, 6) is 0. The Hall–Kier alpha value is -1.60. The SMILES string of the molecule is FC(F)(F)N1CCN(C(F)(F)F)c2ccccc21. The molecule has 0 saturated heterocycles. The number of alkyl halides is 6. The minimum absolute atomic E-state index is 0.0184. The molecule has 100 valence electrons. The van der Waals surface area contributed by atoms with Gasteiger partial charge in [-0.1, -0.05) is 12.1 Å². The van der Waals surface area contributed by atoms with Crippen LogP contribution in [0.25, 0.3) is 0 Å². The average Bonchev–Trinajstić information content (AvgIpc) is 2.24. The number of halogens is 6. The van der Waals surface area contributed by atoms with Crippen molar-refractivity contribution in [2.75, 3.05) is 22.9 Å². The summed E-state index contributed by atoms with van der Waals surface area (Å²) in [6.45, 7) is -1.50. The minimum Gasteiger partial charge on any atom is -0.280 e. The van der Waals surface area contributed by atoms with Crippen molar-refractivity contribution < 1.29 is 26.3 Å². The van der Waals surface area contributed by atoms with Crippen LogP contribution in [0, 0.1) is 0 Å². The zero-order chi connectivity index (χ0) is 13.6. The van der Waals surface area contributed by atoms with Gasteiger partial charge in [-0.15, -0.1) is 0 Å². The summed E-state index contributed by atoms with van der Waals surface area (Å²) >= 11 is 0. The first-order chi connectivity index (χ1) is 8.21. The van der Waals surface area contributed by atoms with Gasteiger partial charge in [-0.3, -0.25) is 9.80 Å². The third-order valence-corrected chi connectivity index (χ3v) is 2.62. The van der Waals surface area contributed by atoms with Gasteiger partial charge >= 0.3 is 12.6 Å². The van der Waals surface area contributed by atoms with E-state index in [0.29, 0.717) is 0 Å². The first-order valence-corrected chi connectivity index (χ1v) is 4.99. The Morgan fingerprint density at radius 3 is 1.33 bits per heavy atom. The highest BCUT2D eigenvalue weighted by molar-refractivity contribution is 5.74. The van der Waals surface area contributed by atoms with Crippen LogP contribution < -0.4 is 9.80 Å². The van der Waals surface area contributed by atoms with Crippen LogP contribution in [0.4, 0.5) is 37.7 Å². The Labute approximate surface area is 98.4 Å². The number of benzene rings is 1. The lowest BCUT2D eigenvalue weighted by atomic mass is 10.2. The van der Waals surface area contributed by atoms with Gasteiger partial charge in [0.25, 0.3) is 0 Å². The van der Waals surface area contributed by atoms with Crippen molar-refractivity contribution in [1.82, 2.24) is 0 Å². The number of fused-ring (bicyclic) bond motifs is 1. The fourth-order valence-electron chi connectivity index (χ4n) is 1.89. The molecule has 0 aromatic heterocycles. The molecule has 1 heterocycles. The molecule has 8 heteroatoms. The quantitative estimate of drug-likeness (QED) is 0.527. The zero-order valence-electron chi connectivity index (χ0n) is 8.89. The second-order valence-corrected chi connectivity index (χ2v) is 3.73. The van der Waals surface area contributed by atoms with Crippen molar-refractivity contribution in [3.8, 4) is 0 Å². The molecule has 0 aliphatic carbocycles. The van der Waals surface area contributed by atoms with E-state index in [2.05, 4.69) is 0 Å². The van der Waals surface area contributed by atoms with Crippen LogP contribution in [-0.2, 0) is 0 Å². The van der Waals surface area contributed by atoms with E-state index in [0.717, 1.165) is 12.1 Å². The van der Waals surface area contributed by atoms with Crippen LogP contribution in [0.2, 0.25) is 0 Å². The minimum atomic E-state index is -4.69. The standard InChI is InChI=1S/C10H8F6N2/c11-9(12,13)17-5-6-18(10(14,15)16)8-4-2-1-3-7(8)17/h1-4H,5-6H2. The maximum atomic E-state index is 12.7. The molecule has 1 aliphatic rings. The summed E-state index contributed by atoms with van der Waals surface area (Å²) < 4.78 is 76.0. The lowest BCUT2D eigenvalue weighted by molar-refractivity contribution is -0.141. The fourth-order valence-corrected chi connectivity index (χ4v) is 1.89. The van der Waals surface area contributed by atoms with Gasteiger partial charge in [0.1, 0.15) is 0 Å². The van der Waals surface area contributed by atoms with Gasteiger partial charge in [0, 0.05) is 13.1 Å². The zero-order valence-corrected chi connectivity index (χ0v) is 8.89. The molecule has 0 N–H and O–H groups in total. The van der Waals surface area contributed by atoms with Gasteiger partial charge in [-0.2, -0.15) is 26.3 Å². The van der Waals surface area contributed by atoms with Gasteiger partial charge in [-0.05, 0) is 12.1 Å². The topological polar surface area (TPSA) is 6.48 Å². The molecule has 0 atom stereocenters. The Morgan fingerprint density at radius 2 is 1.06 bits per heavy atom. The van der Waals surface area contributed by atoms with Crippen molar-refractivity contribution in [1.29, 1.82) is 0 Å². The van der Waals surface area contributed by atoms with Gasteiger partial charge in [0.2, 0.25) is 0 Å². The summed E-state index contributed by atoms with van der Waals surface area (Å²) in [5.41, 5.74) is -0.956. The first-order valence-electron chi connectivity index (χ1n) is 4.99. The van der Waals surface area contributed by atoms with Crippen LogP contribution in [0.3, 0.4) is 0 Å². The Bertz CT molecular complexity index is 398. The molecule has 0 saturated carbocycles. The van der Waals surface area contributed by atoms with Crippen LogP contribution in [-0.4, -0.2) is 25.7 Å². The number of para-hydroxylation sites is 2. The molecule has 18 heavy (non-hydrogen) atoms. The lowest BCUT2D eigenvalue weighted by Gasteiger charge is -2.39. The smallest absolute Gasteiger partial charge is 0.280 e. The molecule has 0 radical (unpaired) electrons. The van der Waals surface area contributed by atoms with Crippen molar-refractivity contribution in [2.45, 2.75) is 12.6 Å². The van der Waals surface area contributed by atoms with Gasteiger partial charge < -0.3 is 0 Å². The van der Waals surface area contributed by atoms with Gasteiger partial charge in [-0.25, -0.2) is 0 Å². The van der Waals surface area contributed by atoms with E-state index in [1.165, 1.54) is 12.1 Å². The van der Waals surface area contributed by atoms with Gasteiger partial charge in [0.15, 0.2) is 0 Å². The Kier molecular flexibility index (Phi) is 2.83. The third kappa shape index (κ3) is 2.19. The largest absolute Gasteiger partial charge is 0.485 e. The Balaban J connectivity index is 2.47. The molecular weight excluding hydrogens is 262 g/mol. The van der Waals surface area contributed by atoms with Crippen molar-refractivity contribution >= 4 is 11.4 Å². The van der Waals surface area contributed by atoms with E-state index in [1.54, 1.807) is 0 Å². The summed E-state index contributed by atoms with van der Waals surface area (Å²) in [5, 5.41) is 0. The third-order valence-electron chi connectivity index (χ3n) is 2.62. The van der Waals surface area contributed by atoms with Crippen LogP contribution in [0.1, 0.15) is 0 Å². The highest BCUT2D eigenvalue weighted by Gasteiger charge is 2.46. The molecule has 0 amide bonds. The average molecular weight is 270 g/mol. The van der Waals surface area contributed by atoms with E-state index in [4.69, 9.17) is 0 Å². The molecule has 0 bridgehead atoms. The maximum Gasteiger partial charge on any atom is 0.485 e. The summed E-state index contributed by atoms with van der Waals surface area (Å²) in [6.07, 6.45) is -9.37. The number of rotatable bonds is 0. The van der Waals surface area contributed by atoms with Crippen molar-refractivity contribution in [2.24, 2.45) is 0 Å². The fraction of sp³-hybridized carbons (Fsp3) is 0.400. The molecule has 1 aromatic rings. The summed E-state index contributed by atoms with van der Waals surface area (Å²) in [4.78, 5) is 0.0369. The number of hydrogen-bond acceptors (Lipinski definition) is 2. The molecule has 1 aliphatic heterocycles. The number of anilines is 2. The van der Waals surface area contributed by atoms with Crippen LogP contribution >= 0.6 is 0 Å². The molecule has 1 aromatic carbocycles. The second kappa shape index (κ2) is 3.96. The number of hydrogen-bond donors (Lipinski definition) is 0. The summed E-state index contributed by atoms with van der Waals surface area (Å²) in [6, 6.07) is 4.61. The van der Waals surface area contributed by atoms with Gasteiger partial charge in [0.05, 0.1) is 11.4 Å². The molecule has 0 unspecified atom stereocenters. The van der Waals surface area contributed by atoms with E-state index < -0.39 is 37.1 Å². The summed E-state index contributed by atoms with van der Waals surface area (Å²) in [7, 11) is 0. The highest BCUT2D eigenvalue weighted by Crippen LogP contribution is 2.42. The second-order valence-electron chi connectivity index (χ2n) is 3.73. The monoisotopic (exact) mass is 270 g/mol. The van der Waals surface area contributed by atoms with Crippen LogP contribution in [0.15, 0.2) is 24.3 Å². The maximum absolute atomic E-state index is 12.7. The van der Waals surface area contributed by atoms with E-state index in [9.17, 15) is 26.3 Å². The molecular formula is C10H8F6N2. The normalized spacial score (nSPS) is 16.8. The molecule has 0 spiro atoms. The highest BCUT2D eigenvalue weighted by atomic mass is 19.4. The molecule has 2 nitrogen and oxygen atoms in total. The van der Waals surface area contributed by atoms with Crippen LogP contribution in [0.5, 0.6) is 0 Å². The molecule has 2 rings (SSSR count). The van der Waals surface area contributed by atoms with E-state index in [1.807, 2.05) is 0 Å². The van der Waals surface area contributed by atoms with Crippen molar-refractivity contribution in [3.63, 3.8) is 0 Å². The van der Waals surface area contributed by atoms with E-state index >= 15 is 0 Å². The predicted octanol–water partition coefficient (Wildman–Crippen LogP) is 3.35. The molecule has 0 fully saturated rings. The van der Waals surface area contributed by atoms with Crippen molar-refractivity contribution in [3.05, 3.63) is 24.3 Å². The number of nitrogens with zero attached hydrogens (tertiary/aromatic N) is 2. The Morgan fingerprint density at radius 1 is 0.722 bits per heavy atom. The van der Waals surface area contributed by atoms with E-state index in [-0.39, 0.29) is 9.80 Å². The lowest BCUT2D eigenvalue weighted by Crippen LogP contribution is -2.52. The predicted molar refractivity (Wildman–Crippen MR) is 53.2 cm³/mol.